The van der Waals surface area contributed by atoms with Gasteiger partial charge in [-0.05, 0) is 56.4 Å². The monoisotopic (exact) mass is 322 g/mol. The molecule has 0 saturated heterocycles. The Bertz CT molecular complexity index is 380. The number of rotatable bonds is 2. The smallest absolute Gasteiger partial charge is 0.107 e. The number of aliphatic hydroxyl groups is 1. The van der Waals surface area contributed by atoms with Gasteiger partial charge in [-0.2, -0.15) is 11.3 Å². The van der Waals surface area contributed by atoms with Crippen LogP contribution >= 0.6 is 45.3 Å². The van der Waals surface area contributed by atoms with Gasteiger partial charge in [0.1, 0.15) is 6.10 Å². The van der Waals surface area contributed by atoms with Gasteiger partial charge in [0, 0.05) is 5.56 Å². The van der Waals surface area contributed by atoms with Crippen molar-refractivity contribution in [2.45, 2.75) is 6.10 Å². The molecule has 0 aliphatic carbocycles. The highest BCUT2D eigenvalue weighted by atomic mass is 127. The second-order valence-electron chi connectivity index (χ2n) is 2.61. The van der Waals surface area contributed by atoms with E-state index in [9.17, 15) is 5.11 Å². The van der Waals surface area contributed by atoms with Crippen LogP contribution in [0.25, 0.3) is 0 Å². The Kier molecular flexibility index (Phi) is 3.02. The van der Waals surface area contributed by atoms with Gasteiger partial charge in [0.2, 0.25) is 0 Å². The first kappa shape index (κ1) is 9.64. The third-order valence-corrected chi connectivity index (χ3v) is 4.60. The summed E-state index contributed by atoms with van der Waals surface area (Å²) < 4.78 is 1.16. The highest BCUT2D eigenvalue weighted by molar-refractivity contribution is 14.1. The first-order valence-corrected chi connectivity index (χ1v) is 6.62. The molecule has 0 saturated carbocycles. The highest BCUT2D eigenvalue weighted by Crippen LogP contribution is 2.30. The minimum atomic E-state index is -0.454. The Morgan fingerprint density at radius 2 is 2.15 bits per heavy atom. The number of hydrogen-bond donors (Lipinski definition) is 1. The van der Waals surface area contributed by atoms with Crippen LogP contribution in [0.2, 0.25) is 0 Å². The van der Waals surface area contributed by atoms with Crippen LogP contribution < -0.4 is 0 Å². The fourth-order valence-corrected chi connectivity index (χ4v) is 3.35. The maximum absolute atomic E-state index is 9.96. The molecule has 0 fully saturated rings. The summed E-state index contributed by atoms with van der Waals surface area (Å²) in [6.45, 7) is 0. The quantitative estimate of drug-likeness (QED) is 0.839. The molecular weight excluding hydrogens is 315 g/mol. The Balaban J connectivity index is 2.33. The zero-order valence-electron chi connectivity index (χ0n) is 6.61. The number of thiophene rings is 2. The molecule has 1 atom stereocenters. The van der Waals surface area contributed by atoms with E-state index in [1.165, 1.54) is 0 Å². The molecule has 0 aromatic carbocycles. The van der Waals surface area contributed by atoms with E-state index in [1.807, 2.05) is 28.3 Å². The van der Waals surface area contributed by atoms with Crippen LogP contribution in [-0.4, -0.2) is 5.11 Å². The predicted molar refractivity (Wildman–Crippen MR) is 65.4 cm³/mol. The summed E-state index contributed by atoms with van der Waals surface area (Å²) in [5.41, 5.74) is 2.00. The van der Waals surface area contributed by atoms with Crippen LogP contribution in [0.1, 0.15) is 17.2 Å². The van der Waals surface area contributed by atoms with E-state index in [1.54, 1.807) is 22.7 Å². The van der Waals surface area contributed by atoms with Crippen LogP contribution in [0.5, 0.6) is 0 Å². The fraction of sp³-hybridized carbons (Fsp3) is 0.111. The van der Waals surface area contributed by atoms with Crippen LogP contribution in [0.15, 0.2) is 28.3 Å². The van der Waals surface area contributed by atoms with Gasteiger partial charge in [0.05, 0.1) is 2.88 Å². The zero-order valence-corrected chi connectivity index (χ0v) is 10.4. The summed E-state index contributed by atoms with van der Waals surface area (Å²) in [6.07, 6.45) is -0.454. The Labute approximate surface area is 98.2 Å². The van der Waals surface area contributed by atoms with E-state index < -0.39 is 6.10 Å². The molecule has 1 unspecified atom stereocenters. The molecule has 0 spiro atoms. The Hall–Kier alpha value is 0.0900. The number of aliphatic hydroxyl groups excluding tert-OH is 1. The van der Waals surface area contributed by atoms with Crippen molar-refractivity contribution in [2.75, 3.05) is 0 Å². The van der Waals surface area contributed by atoms with Crippen LogP contribution in [0, 0.1) is 2.88 Å². The standard InChI is InChI=1S/C9H7IOS2/c10-9-7(2-4-13-9)8(11)6-1-3-12-5-6/h1-5,8,11H. The molecule has 0 aliphatic heterocycles. The van der Waals surface area contributed by atoms with Crippen molar-refractivity contribution in [2.24, 2.45) is 0 Å². The maximum atomic E-state index is 9.96. The molecule has 1 nitrogen and oxygen atoms in total. The SMILES string of the molecule is OC(c1ccsc1)c1ccsc1I. The molecule has 0 radical (unpaired) electrons. The lowest BCUT2D eigenvalue weighted by Gasteiger charge is -2.06. The van der Waals surface area contributed by atoms with E-state index in [0.29, 0.717) is 0 Å². The van der Waals surface area contributed by atoms with Crippen LogP contribution in [0.3, 0.4) is 0 Å². The Morgan fingerprint density at radius 3 is 2.69 bits per heavy atom. The predicted octanol–water partition coefficient (Wildman–Crippen LogP) is 3.50. The lowest BCUT2D eigenvalue weighted by atomic mass is 10.1. The van der Waals surface area contributed by atoms with E-state index in [0.717, 1.165) is 14.0 Å². The van der Waals surface area contributed by atoms with Gasteiger partial charge < -0.3 is 5.11 Å². The second kappa shape index (κ2) is 4.08. The summed E-state index contributed by atoms with van der Waals surface area (Å²) in [7, 11) is 0. The summed E-state index contributed by atoms with van der Waals surface area (Å²) in [5.74, 6) is 0. The molecule has 68 valence electrons. The summed E-state index contributed by atoms with van der Waals surface area (Å²) in [5, 5.41) is 15.9. The summed E-state index contributed by atoms with van der Waals surface area (Å²) in [4.78, 5) is 0. The van der Waals surface area contributed by atoms with Crippen molar-refractivity contribution in [1.82, 2.24) is 0 Å². The topological polar surface area (TPSA) is 20.2 Å². The second-order valence-corrected chi connectivity index (χ2v) is 6.12. The van der Waals surface area contributed by atoms with E-state index >= 15 is 0 Å². The first-order chi connectivity index (χ1) is 6.29. The van der Waals surface area contributed by atoms with Gasteiger partial charge in [-0.15, -0.1) is 11.3 Å². The van der Waals surface area contributed by atoms with E-state index in [4.69, 9.17) is 0 Å². The van der Waals surface area contributed by atoms with Gasteiger partial charge in [0.15, 0.2) is 0 Å². The molecule has 2 aromatic heterocycles. The third kappa shape index (κ3) is 1.96. The molecule has 2 aromatic rings. The fourth-order valence-electron chi connectivity index (χ4n) is 1.11. The van der Waals surface area contributed by atoms with Crippen LogP contribution in [0.4, 0.5) is 0 Å². The highest BCUT2D eigenvalue weighted by Gasteiger charge is 2.14. The lowest BCUT2D eigenvalue weighted by molar-refractivity contribution is 0.220. The molecule has 1 N–H and O–H groups in total. The van der Waals surface area contributed by atoms with Gasteiger partial charge in [-0.3, -0.25) is 0 Å². The van der Waals surface area contributed by atoms with E-state index in [2.05, 4.69) is 22.6 Å². The third-order valence-electron chi connectivity index (χ3n) is 1.80. The molecule has 2 rings (SSSR count). The van der Waals surface area contributed by atoms with Crippen molar-refractivity contribution in [1.29, 1.82) is 0 Å². The van der Waals surface area contributed by atoms with Crippen molar-refractivity contribution in [3.63, 3.8) is 0 Å². The molecule has 0 amide bonds. The largest absolute Gasteiger partial charge is 0.384 e. The van der Waals surface area contributed by atoms with Crippen LogP contribution in [-0.2, 0) is 0 Å². The van der Waals surface area contributed by atoms with E-state index in [-0.39, 0.29) is 0 Å². The van der Waals surface area contributed by atoms with Gasteiger partial charge in [0.25, 0.3) is 0 Å². The van der Waals surface area contributed by atoms with Crippen molar-refractivity contribution < 1.29 is 5.11 Å². The minimum absolute atomic E-state index is 0.454. The molecule has 2 heterocycles. The van der Waals surface area contributed by atoms with Crippen molar-refractivity contribution in [3.8, 4) is 0 Å². The molecule has 13 heavy (non-hydrogen) atoms. The summed E-state index contributed by atoms with van der Waals surface area (Å²) in [6, 6.07) is 3.94. The van der Waals surface area contributed by atoms with Gasteiger partial charge in [-0.1, -0.05) is 0 Å². The lowest BCUT2D eigenvalue weighted by Crippen LogP contribution is -1.97. The van der Waals surface area contributed by atoms with Crippen molar-refractivity contribution in [3.05, 3.63) is 42.3 Å². The summed E-state index contributed by atoms with van der Waals surface area (Å²) >= 11 is 5.53. The average molecular weight is 322 g/mol. The Morgan fingerprint density at radius 1 is 1.31 bits per heavy atom. The van der Waals surface area contributed by atoms with Gasteiger partial charge in [-0.25, -0.2) is 0 Å². The molecular formula is C9H7IOS2. The minimum Gasteiger partial charge on any atom is -0.384 e. The van der Waals surface area contributed by atoms with Crippen molar-refractivity contribution >= 4 is 45.3 Å². The normalized spacial score (nSPS) is 13.1. The number of halogens is 1. The number of hydrogen-bond acceptors (Lipinski definition) is 3. The molecule has 0 bridgehead atoms. The molecule has 0 aliphatic rings. The van der Waals surface area contributed by atoms with Gasteiger partial charge >= 0.3 is 0 Å². The molecule has 4 heteroatoms. The maximum Gasteiger partial charge on any atom is 0.107 e. The average Bonchev–Trinajstić information content (AvgIpc) is 2.72. The zero-order chi connectivity index (χ0) is 9.26. The first-order valence-electron chi connectivity index (χ1n) is 3.72.